The molecule has 2 aliphatic rings. The van der Waals surface area contributed by atoms with Crippen LogP contribution in [0.5, 0.6) is 5.75 Å². The molecule has 0 aliphatic carbocycles. The highest BCUT2D eigenvalue weighted by atomic mass is 16.5. The van der Waals surface area contributed by atoms with E-state index in [1.54, 1.807) is 4.90 Å². The van der Waals surface area contributed by atoms with Crippen molar-refractivity contribution in [2.75, 3.05) is 24.6 Å². The SMILES string of the molecule is CCOc1ccccc1N1CC(C(=O)NC2CCNC(C)C2)CC1=O. The minimum Gasteiger partial charge on any atom is -0.492 e. The van der Waals surface area contributed by atoms with Crippen molar-refractivity contribution < 1.29 is 14.3 Å². The highest BCUT2D eigenvalue weighted by molar-refractivity contribution is 6.01. The molecule has 136 valence electrons. The molecule has 2 fully saturated rings. The number of benzene rings is 1. The van der Waals surface area contributed by atoms with Gasteiger partial charge in [0.05, 0.1) is 18.2 Å². The first-order valence-corrected chi connectivity index (χ1v) is 9.14. The lowest BCUT2D eigenvalue weighted by Gasteiger charge is -2.29. The molecule has 2 saturated heterocycles. The number of anilines is 1. The number of piperidine rings is 1. The van der Waals surface area contributed by atoms with Gasteiger partial charge < -0.3 is 20.3 Å². The van der Waals surface area contributed by atoms with E-state index in [0.29, 0.717) is 24.9 Å². The summed E-state index contributed by atoms with van der Waals surface area (Å²) in [6.45, 7) is 5.92. The predicted octanol–water partition coefficient (Wildman–Crippen LogP) is 1.69. The molecule has 2 amide bonds. The first kappa shape index (κ1) is 17.7. The van der Waals surface area contributed by atoms with Crippen molar-refractivity contribution in [3.8, 4) is 5.75 Å². The third kappa shape index (κ3) is 4.12. The second kappa shape index (κ2) is 7.87. The van der Waals surface area contributed by atoms with Crippen LogP contribution in [-0.4, -0.2) is 43.6 Å². The number of nitrogens with one attached hydrogen (secondary N) is 2. The van der Waals surface area contributed by atoms with Gasteiger partial charge in [0.15, 0.2) is 0 Å². The van der Waals surface area contributed by atoms with Gasteiger partial charge in [0, 0.05) is 25.0 Å². The maximum atomic E-state index is 12.6. The van der Waals surface area contributed by atoms with Gasteiger partial charge in [-0.15, -0.1) is 0 Å². The van der Waals surface area contributed by atoms with E-state index >= 15 is 0 Å². The molecule has 1 aromatic rings. The molecule has 3 atom stereocenters. The molecule has 0 aromatic heterocycles. The van der Waals surface area contributed by atoms with Gasteiger partial charge in [-0.3, -0.25) is 9.59 Å². The first-order chi connectivity index (χ1) is 12.1. The third-order valence-corrected chi connectivity index (χ3v) is 4.92. The summed E-state index contributed by atoms with van der Waals surface area (Å²) in [5, 5.41) is 6.52. The predicted molar refractivity (Wildman–Crippen MR) is 96.7 cm³/mol. The topological polar surface area (TPSA) is 70.7 Å². The lowest BCUT2D eigenvalue weighted by atomic mass is 9.99. The molecule has 6 nitrogen and oxygen atoms in total. The van der Waals surface area contributed by atoms with E-state index in [1.807, 2.05) is 31.2 Å². The van der Waals surface area contributed by atoms with E-state index in [4.69, 9.17) is 4.74 Å². The Morgan fingerprint density at radius 1 is 1.40 bits per heavy atom. The minimum atomic E-state index is -0.299. The van der Waals surface area contributed by atoms with E-state index < -0.39 is 0 Å². The quantitative estimate of drug-likeness (QED) is 0.852. The number of para-hydroxylation sites is 2. The average molecular weight is 345 g/mol. The van der Waals surface area contributed by atoms with E-state index in [-0.39, 0.29) is 30.2 Å². The van der Waals surface area contributed by atoms with Crippen LogP contribution in [0.4, 0.5) is 5.69 Å². The lowest BCUT2D eigenvalue weighted by molar-refractivity contribution is -0.127. The fraction of sp³-hybridized carbons (Fsp3) is 0.579. The zero-order valence-corrected chi connectivity index (χ0v) is 15.0. The molecular weight excluding hydrogens is 318 g/mol. The van der Waals surface area contributed by atoms with Gasteiger partial charge in [-0.2, -0.15) is 0 Å². The molecular formula is C19H27N3O3. The maximum Gasteiger partial charge on any atom is 0.227 e. The van der Waals surface area contributed by atoms with Crippen molar-refractivity contribution >= 4 is 17.5 Å². The van der Waals surface area contributed by atoms with Crippen LogP contribution in [0.15, 0.2) is 24.3 Å². The van der Waals surface area contributed by atoms with Gasteiger partial charge in [-0.05, 0) is 45.4 Å². The number of ether oxygens (including phenoxy) is 1. The Bertz CT molecular complexity index is 634. The smallest absolute Gasteiger partial charge is 0.227 e. The van der Waals surface area contributed by atoms with Gasteiger partial charge in [0.25, 0.3) is 0 Å². The van der Waals surface area contributed by atoms with Crippen molar-refractivity contribution in [2.24, 2.45) is 5.92 Å². The standard InChI is InChI=1S/C19H27N3O3/c1-3-25-17-7-5-4-6-16(17)22-12-14(11-18(22)23)19(24)21-15-8-9-20-13(2)10-15/h4-7,13-15,20H,3,8-12H2,1-2H3,(H,21,24). The van der Waals surface area contributed by atoms with E-state index in [2.05, 4.69) is 17.6 Å². The Morgan fingerprint density at radius 3 is 2.96 bits per heavy atom. The Morgan fingerprint density at radius 2 is 2.20 bits per heavy atom. The summed E-state index contributed by atoms with van der Waals surface area (Å²) in [7, 11) is 0. The monoisotopic (exact) mass is 345 g/mol. The van der Waals surface area contributed by atoms with Gasteiger partial charge in [0.2, 0.25) is 11.8 Å². The van der Waals surface area contributed by atoms with Crippen LogP contribution in [-0.2, 0) is 9.59 Å². The average Bonchev–Trinajstić information content (AvgIpc) is 2.97. The van der Waals surface area contributed by atoms with E-state index in [1.165, 1.54) is 0 Å². The number of hydrogen-bond donors (Lipinski definition) is 2. The van der Waals surface area contributed by atoms with Gasteiger partial charge in [-0.25, -0.2) is 0 Å². The van der Waals surface area contributed by atoms with Crippen molar-refractivity contribution in [3.63, 3.8) is 0 Å². The molecule has 2 N–H and O–H groups in total. The Hall–Kier alpha value is -2.08. The fourth-order valence-corrected chi connectivity index (χ4v) is 3.66. The summed E-state index contributed by atoms with van der Waals surface area (Å²) in [5.41, 5.74) is 0.750. The molecule has 3 unspecified atom stereocenters. The third-order valence-electron chi connectivity index (χ3n) is 4.92. The summed E-state index contributed by atoms with van der Waals surface area (Å²) < 4.78 is 5.63. The van der Waals surface area contributed by atoms with Crippen LogP contribution < -0.4 is 20.3 Å². The molecule has 0 radical (unpaired) electrons. The summed E-state index contributed by atoms with van der Waals surface area (Å²) in [6, 6.07) is 8.11. The van der Waals surface area contributed by atoms with Crippen molar-refractivity contribution in [3.05, 3.63) is 24.3 Å². The van der Waals surface area contributed by atoms with Gasteiger partial charge in [0.1, 0.15) is 5.75 Å². The van der Waals surface area contributed by atoms with Crippen LogP contribution in [0.2, 0.25) is 0 Å². The van der Waals surface area contributed by atoms with Crippen LogP contribution in [0.25, 0.3) is 0 Å². The summed E-state index contributed by atoms with van der Waals surface area (Å²) >= 11 is 0. The molecule has 2 aliphatic heterocycles. The molecule has 0 spiro atoms. The Kier molecular flexibility index (Phi) is 5.58. The molecule has 6 heteroatoms. The van der Waals surface area contributed by atoms with Crippen LogP contribution in [0.3, 0.4) is 0 Å². The van der Waals surface area contributed by atoms with Crippen LogP contribution in [0.1, 0.15) is 33.1 Å². The minimum absolute atomic E-state index is 0.0103. The summed E-state index contributed by atoms with van der Waals surface area (Å²) in [5.74, 6) is 0.355. The highest BCUT2D eigenvalue weighted by Gasteiger charge is 2.37. The summed E-state index contributed by atoms with van der Waals surface area (Å²) in [6.07, 6.45) is 2.13. The summed E-state index contributed by atoms with van der Waals surface area (Å²) in [4.78, 5) is 26.8. The van der Waals surface area contributed by atoms with E-state index in [0.717, 1.165) is 25.1 Å². The zero-order chi connectivity index (χ0) is 17.8. The van der Waals surface area contributed by atoms with Gasteiger partial charge >= 0.3 is 0 Å². The molecule has 0 bridgehead atoms. The fourth-order valence-electron chi connectivity index (χ4n) is 3.66. The highest BCUT2D eigenvalue weighted by Crippen LogP contribution is 2.33. The molecule has 2 heterocycles. The maximum absolute atomic E-state index is 12.6. The normalized spacial score (nSPS) is 26.6. The van der Waals surface area contributed by atoms with Crippen LogP contribution >= 0.6 is 0 Å². The van der Waals surface area contributed by atoms with Crippen molar-refractivity contribution in [1.82, 2.24) is 10.6 Å². The largest absolute Gasteiger partial charge is 0.492 e. The number of nitrogens with zero attached hydrogens (tertiary/aromatic N) is 1. The molecule has 25 heavy (non-hydrogen) atoms. The zero-order valence-electron chi connectivity index (χ0n) is 15.0. The molecule has 0 saturated carbocycles. The molecule has 3 rings (SSSR count). The number of hydrogen-bond acceptors (Lipinski definition) is 4. The van der Waals surface area contributed by atoms with E-state index in [9.17, 15) is 9.59 Å². The number of carbonyl (C=O) groups excluding carboxylic acids is 2. The van der Waals surface area contributed by atoms with Crippen LogP contribution in [0, 0.1) is 5.92 Å². The number of carbonyl (C=O) groups is 2. The number of rotatable bonds is 5. The molecule has 1 aromatic carbocycles. The Balaban J connectivity index is 1.65. The number of amides is 2. The second-order valence-corrected chi connectivity index (χ2v) is 6.89. The van der Waals surface area contributed by atoms with Gasteiger partial charge in [-0.1, -0.05) is 12.1 Å². The lowest BCUT2D eigenvalue weighted by Crippen LogP contribution is -2.48. The first-order valence-electron chi connectivity index (χ1n) is 9.14. The Labute approximate surface area is 148 Å². The van der Waals surface area contributed by atoms with Crippen molar-refractivity contribution in [1.29, 1.82) is 0 Å². The second-order valence-electron chi connectivity index (χ2n) is 6.89. The van der Waals surface area contributed by atoms with Crippen molar-refractivity contribution in [2.45, 2.75) is 45.2 Å².